The summed E-state index contributed by atoms with van der Waals surface area (Å²) in [6, 6.07) is 17.9. The highest BCUT2D eigenvalue weighted by Crippen LogP contribution is 2.33. The van der Waals surface area contributed by atoms with Crippen molar-refractivity contribution in [3.05, 3.63) is 118 Å². The summed E-state index contributed by atoms with van der Waals surface area (Å²) in [6.45, 7) is 7.92. The number of aromatic nitrogens is 1. The van der Waals surface area contributed by atoms with E-state index in [4.69, 9.17) is 37.4 Å². The van der Waals surface area contributed by atoms with Crippen molar-refractivity contribution in [1.29, 1.82) is 0 Å². The average molecular weight is 684 g/mol. The summed E-state index contributed by atoms with van der Waals surface area (Å²) in [5.74, 6) is 0.584. The summed E-state index contributed by atoms with van der Waals surface area (Å²) in [5, 5.41) is 1.07. The van der Waals surface area contributed by atoms with E-state index in [0.29, 0.717) is 48.8 Å². The van der Waals surface area contributed by atoms with E-state index in [2.05, 4.69) is 4.99 Å². The van der Waals surface area contributed by atoms with Crippen molar-refractivity contribution in [2.24, 2.45) is 4.99 Å². The van der Waals surface area contributed by atoms with Crippen LogP contribution in [0.5, 0.6) is 11.5 Å². The van der Waals surface area contributed by atoms with Gasteiger partial charge in [0.2, 0.25) is 0 Å². The topological polar surface area (TPSA) is 79.1 Å². The predicted octanol–water partition coefficient (Wildman–Crippen LogP) is 7.19. The Balaban J connectivity index is 1.55. The molecule has 1 aliphatic heterocycles. The molecule has 1 atom stereocenters. The molecule has 0 unspecified atom stereocenters. The molecule has 2 heterocycles. The van der Waals surface area contributed by atoms with Crippen LogP contribution in [0.2, 0.25) is 10.0 Å². The van der Waals surface area contributed by atoms with E-state index in [-0.39, 0.29) is 18.3 Å². The molecule has 0 radical (unpaired) electrons. The molecule has 45 heavy (non-hydrogen) atoms. The second kappa shape index (κ2) is 14.3. The second-order valence-corrected chi connectivity index (χ2v) is 13.2. The molecule has 0 fully saturated rings. The van der Waals surface area contributed by atoms with E-state index in [9.17, 15) is 9.59 Å². The van der Waals surface area contributed by atoms with Gasteiger partial charge in [0.15, 0.2) is 16.3 Å². The third-order valence-corrected chi connectivity index (χ3v) is 9.29. The highest BCUT2D eigenvalue weighted by Gasteiger charge is 2.33. The lowest BCUT2D eigenvalue weighted by Crippen LogP contribution is -2.40. The van der Waals surface area contributed by atoms with Gasteiger partial charge in [-0.3, -0.25) is 9.36 Å². The lowest BCUT2D eigenvalue weighted by atomic mass is 9.96. The van der Waals surface area contributed by atoms with Gasteiger partial charge in [-0.15, -0.1) is 11.8 Å². The maximum absolute atomic E-state index is 14.0. The number of nitrogens with zero attached hydrogens (tertiary/aromatic N) is 2. The molecule has 234 valence electrons. The third kappa shape index (κ3) is 7.33. The molecule has 0 saturated heterocycles. The van der Waals surface area contributed by atoms with Gasteiger partial charge in [-0.1, -0.05) is 58.8 Å². The minimum atomic E-state index is -0.681. The number of thioether (sulfide) groups is 1. The molecule has 0 N–H and O–H groups in total. The standard InChI is InChI=1S/C34H32Cl2N2O5S2/c1-6-41-28-15-21(7-14-27(28)42-18-23-8-11-24(35)17-26(23)36)16-29-32(39)38-31(22-9-12-25(44-5)13-10-22)30(33(40)43-19(2)3)20(4)37-34(38)45-29/h7-17,19,31H,6,18H2,1-5H3/b29-16-/t31-/m0/s1. The van der Waals surface area contributed by atoms with Crippen molar-refractivity contribution in [1.82, 2.24) is 4.57 Å². The number of hydrogen-bond acceptors (Lipinski definition) is 8. The Labute approximate surface area is 279 Å². The van der Waals surface area contributed by atoms with E-state index in [1.807, 2.05) is 55.6 Å². The first kappa shape index (κ1) is 32.9. The fraction of sp³-hybridized carbons (Fsp3) is 0.265. The SMILES string of the molecule is CCOc1cc(/C=c2\sc3n(c2=O)[C@@H](c2ccc(SC)cc2)C(C(=O)OC(C)C)=C(C)N=3)ccc1OCc1ccc(Cl)cc1Cl. The van der Waals surface area contributed by atoms with Gasteiger partial charge < -0.3 is 14.2 Å². The molecule has 11 heteroatoms. The van der Waals surface area contributed by atoms with Crippen LogP contribution >= 0.6 is 46.3 Å². The van der Waals surface area contributed by atoms with Gasteiger partial charge in [0, 0.05) is 20.5 Å². The van der Waals surface area contributed by atoms with Crippen LogP contribution < -0.4 is 24.4 Å². The minimum Gasteiger partial charge on any atom is -0.490 e. The minimum absolute atomic E-state index is 0.229. The molecular formula is C34H32Cl2N2O5S2. The Morgan fingerprint density at radius 1 is 1.07 bits per heavy atom. The average Bonchev–Trinajstić information content (AvgIpc) is 3.30. The normalized spacial score (nSPS) is 14.8. The Morgan fingerprint density at radius 3 is 2.49 bits per heavy atom. The smallest absolute Gasteiger partial charge is 0.338 e. The lowest BCUT2D eigenvalue weighted by Gasteiger charge is -2.25. The first-order chi connectivity index (χ1) is 21.6. The number of thiazole rings is 1. The predicted molar refractivity (Wildman–Crippen MR) is 182 cm³/mol. The van der Waals surface area contributed by atoms with Crippen molar-refractivity contribution < 1.29 is 19.0 Å². The first-order valence-corrected chi connectivity index (χ1v) is 17.1. The van der Waals surface area contributed by atoms with Gasteiger partial charge in [-0.05, 0) is 87.6 Å². The quantitative estimate of drug-likeness (QED) is 0.130. The number of rotatable bonds is 10. The number of carbonyl (C=O) groups excluding carboxylic acids is 1. The second-order valence-electron chi connectivity index (χ2n) is 10.5. The molecule has 7 nitrogen and oxygen atoms in total. The van der Waals surface area contributed by atoms with E-state index in [1.54, 1.807) is 61.4 Å². The zero-order valence-corrected chi connectivity index (χ0v) is 28.6. The zero-order chi connectivity index (χ0) is 32.2. The van der Waals surface area contributed by atoms with E-state index < -0.39 is 12.0 Å². The Morgan fingerprint density at radius 2 is 1.82 bits per heavy atom. The largest absolute Gasteiger partial charge is 0.490 e. The van der Waals surface area contributed by atoms with Gasteiger partial charge in [-0.2, -0.15) is 0 Å². The highest BCUT2D eigenvalue weighted by atomic mass is 35.5. The molecule has 0 aliphatic carbocycles. The van der Waals surface area contributed by atoms with E-state index in [1.165, 1.54) is 11.3 Å². The number of esters is 1. The number of fused-ring (bicyclic) bond motifs is 1. The summed E-state index contributed by atoms with van der Waals surface area (Å²) in [5.41, 5.74) is 2.95. The van der Waals surface area contributed by atoms with Crippen LogP contribution in [0.1, 0.15) is 50.4 Å². The van der Waals surface area contributed by atoms with Gasteiger partial charge in [0.25, 0.3) is 5.56 Å². The third-order valence-electron chi connectivity index (χ3n) is 6.98. The molecule has 0 saturated carbocycles. The van der Waals surface area contributed by atoms with Crippen LogP contribution in [-0.4, -0.2) is 29.5 Å². The van der Waals surface area contributed by atoms with Crippen LogP contribution in [-0.2, 0) is 16.1 Å². The maximum Gasteiger partial charge on any atom is 0.338 e. The fourth-order valence-electron chi connectivity index (χ4n) is 4.91. The molecule has 0 spiro atoms. The number of carbonyl (C=O) groups is 1. The summed E-state index contributed by atoms with van der Waals surface area (Å²) in [4.78, 5) is 33.7. The van der Waals surface area contributed by atoms with Crippen molar-refractivity contribution in [3.8, 4) is 11.5 Å². The number of benzene rings is 3. The van der Waals surface area contributed by atoms with Crippen molar-refractivity contribution in [2.45, 2.75) is 51.3 Å². The highest BCUT2D eigenvalue weighted by molar-refractivity contribution is 7.98. The Hall–Kier alpha value is -3.50. The van der Waals surface area contributed by atoms with E-state index >= 15 is 0 Å². The number of ether oxygens (including phenoxy) is 3. The molecule has 3 aromatic carbocycles. The summed E-state index contributed by atoms with van der Waals surface area (Å²) in [6.07, 6.45) is 3.47. The number of hydrogen-bond donors (Lipinski definition) is 0. The summed E-state index contributed by atoms with van der Waals surface area (Å²) < 4.78 is 19.6. The zero-order valence-electron chi connectivity index (χ0n) is 25.4. The monoisotopic (exact) mass is 682 g/mol. The van der Waals surface area contributed by atoms with Crippen LogP contribution in [0.4, 0.5) is 0 Å². The van der Waals surface area contributed by atoms with Crippen LogP contribution in [0.25, 0.3) is 6.08 Å². The summed E-state index contributed by atoms with van der Waals surface area (Å²) in [7, 11) is 0. The first-order valence-electron chi connectivity index (χ1n) is 14.3. The number of halogens is 2. The van der Waals surface area contributed by atoms with Gasteiger partial charge >= 0.3 is 5.97 Å². The Kier molecular flexibility index (Phi) is 10.4. The molecule has 0 bridgehead atoms. The van der Waals surface area contributed by atoms with Crippen molar-refractivity contribution >= 4 is 58.3 Å². The molecule has 0 amide bonds. The van der Waals surface area contributed by atoms with E-state index in [0.717, 1.165) is 21.6 Å². The summed E-state index contributed by atoms with van der Waals surface area (Å²) >= 11 is 15.2. The molecule has 1 aromatic heterocycles. The fourth-order valence-corrected chi connectivity index (χ4v) is 6.83. The molecule has 5 rings (SSSR count). The molecule has 4 aromatic rings. The van der Waals surface area contributed by atoms with Crippen molar-refractivity contribution in [3.63, 3.8) is 0 Å². The van der Waals surface area contributed by atoms with Crippen LogP contribution in [0, 0.1) is 0 Å². The number of allylic oxidation sites excluding steroid dienone is 1. The van der Waals surface area contributed by atoms with Crippen molar-refractivity contribution in [2.75, 3.05) is 12.9 Å². The molecule has 1 aliphatic rings. The molecular weight excluding hydrogens is 651 g/mol. The maximum atomic E-state index is 14.0. The van der Waals surface area contributed by atoms with Gasteiger partial charge in [0.1, 0.15) is 6.61 Å². The van der Waals surface area contributed by atoms with Gasteiger partial charge in [-0.25, -0.2) is 9.79 Å². The lowest BCUT2D eigenvalue weighted by molar-refractivity contribution is -0.143. The van der Waals surface area contributed by atoms with Gasteiger partial charge in [0.05, 0.1) is 34.6 Å². The van der Waals surface area contributed by atoms with Crippen LogP contribution in [0.3, 0.4) is 0 Å². The van der Waals surface area contributed by atoms with Crippen LogP contribution in [0.15, 0.2) is 86.6 Å². The Bertz CT molecular complexity index is 1950.